The van der Waals surface area contributed by atoms with Crippen molar-refractivity contribution in [2.24, 2.45) is 16.5 Å². The molecule has 0 bridgehead atoms. The average Bonchev–Trinajstić information content (AvgIpc) is 2.77. The lowest BCUT2D eigenvalue weighted by Crippen LogP contribution is -2.39. The van der Waals surface area contributed by atoms with E-state index in [1.54, 1.807) is 72.8 Å². The van der Waals surface area contributed by atoms with Crippen LogP contribution in [0.2, 0.25) is 10.0 Å². The number of benzene rings is 3. The summed E-state index contributed by atoms with van der Waals surface area (Å²) in [7, 11) is 0. The normalized spacial score (nSPS) is 13.3. The Balaban J connectivity index is 1.88. The monoisotopic (exact) mass is 454 g/mol. The Labute approximate surface area is 189 Å². The molecule has 0 fully saturated rings. The van der Waals surface area contributed by atoms with Crippen molar-refractivity contribution in [3.05, 3.63) is 106 Å². The maximum atomic E-state index is 13.0. The molecule has 2 amide bonds. The first kappa shape index (κ1) is 22.5. The zero-order chi connectivity index (χ0) is 22.4. The fraction of sp³-hybridized carbons (Fsp3) is 0.0870. The summed E-state index contributed by atoms with van der Waals surface area (Å²) in [6.07, 6.45) is 0. The fourth-order valence-corrected chi connectivity index (χ4v) is 3.21. The van der Waals surface area contributed by atoms with Gasteiger partial charge in [-0.3, -0.25) is 9.59 Å². The number of hydrogen-bond acceptors (Lipinski definition) is 3. The standard InChI is InChI=1S/C23H20Cl2N4O2/c24-17-11-9-14(10-12-17)19(26)22(30)28-20(16-7-4-8-18(25)13-16)23(31)29-21(27)15-5-2-1-3-6-15/h1-13,19-20H,26H2,(H,28,30)(H2,27,29,31). The molecule has 6 nitrogen and oxygen atoms in total. The number of carbonyl (C=O) groups is 2. The van der Waals surface area contributed by atoms with Crippen molar-refractivity contribution in [1.29, 1.82) is 0 Å². The second kappa shape index (κ2) is 10.2. The van der Waals surface area contributed by atoms with Crippen LogP contribution in [0.25, 0.3) is 0 Å². The molecule has 3 rings (SSSR count). The van der Waals surface area contributed by atoms with E-state index < -0.39 is 23.9 Å². The molecule has 3 aromatic rings. The Morgan fingerprint density at radius 2 is 1.52 bits per heavy atom. The SMILES string of the molecule is NC(=NC(=O)C(NC(=O)C(N)c1ccc(Cl)cc1)c1cccc(Cl)c1)c1ccccc1. The van der Waals surface area contributed by atoms with Crippen molar-refractivity contribution in [2.75, 3.05) is 0 Å². The third kappa shape index (κ3) is 5.92. The molecule has 0 aliphatic carbocycles. The highest BCUT2D eigenvalue weighted by Gasteiger charge is 2.26. The summed E-state index contributed by atoms with van der Waals surface area (Å²) in [6.45, 7) is 0. The zero-order valence-electron chi connectivity index (χ0n) is 16.3. The Morgan fingerprint density at radius 3 is 2.16 bits per heavy atom. The van der Waals surface area contributed by atoms with Crippen molar-refractivity contribution in [3.63, 3.8) is 0 Å². The van der Waals surface area contributed by atoms with Gasteiger partial charge < -0.3 is 16.8 Å². The van der Waals surface area contributed by atoms with E-state index in [1.807, 2.05) is 6.07 Å². The van der Waals surface area contributed by atoms with E-state index in [-0.39, 0.29) is 5.84 Å². The molecule has 3 aromatic carbocycles. The predicted octanol–water partition coefficient (Wildman–Crippen LogP) is 3.78. The predicted molar refractivity (Wildman–Crippen MR) is 123 cm³/mol. The van der Waals surface area contributed by atoms with Gasteiger partial charge in [0.2, 0.25) is 5.91 Å². The maximum absolute atomic E-state index is 13.0. The van der Waals surface area contributed by atoms with Crippen LogP contribution in [0.15, 0.2) is 83.9 Å². The molecule has 2 unspecified atom stereocenters. The quantitative estimate of drug-likeness (QED) is 0.388. The molecule has 0 saturated carbocycles. The summed E-state index contributed by atoms with van der Waals surface area (Å²) in [5.41, 5.74) is 13.7. The summed E-state index contributed by atoms with van der Waals surface area (Å²) in [5.74, 6) is -1.18. The minimum Gasteiger partial charge on any atom is -0.383 e. The number of nitrogens with one attached hydrogen (secondary N) is 1. The number of nitrogens with zero attached hydrogens (tertiary/aromatic N) is 1. The number of amidine groups is 1. The van der Waals surface area contributed by atoms with E-state index in [0.29, 0.717) is 26.7 Å². The molecule has 0 saturated heterocycles. The Hall–Kier alpha value is -3.19. The van der Waals surface area contributed by atoms with Crippen molar-refractivity contribution in [3.8, 4) is 0 Å². The van der Waals surface area contributed by atoms with Crippen LogP contribution in [-0.2, 0) is 9.59 Å². The number of nitrogens with two attached hydrogens (primary N) is 2. The second-order valence-electron chi connectivity index (χ2n) is 6.73. The van der Waals surface area contributed by atoms with Gasteiger partial charge in [0.1, 0.15) is 17.9 Å². The summed E-state index contributed by atoms with van der Waals surface area (Å²) >= 11 is 12.0. The lowest BCUT2D eigenvalue weighted by atomic mass is 10.0. The topological polar surface area (TPSA) is 111 Å². The third-order valence-corrected chi connectivity index (χ3v) is 5.01. The molecule has 2 atom stereocenters. The van der Waals surface area contributed by atoms with Crippen LogP contribution < -0.4 is 16.8 Å². The molecule has 0 aliphatic rings. The van der Waals surface area contributed by atoms with Gasteiger partial charge >= 0.3 is 0 Å². The van der Waals surface area contributed by atoms with Crippen LogP contribution in [0.4, 0.5) is 0 Å². The minimum atomic E-state index is -1.12. The highest BCUT2D eigenvalue weighted by molar-refractivity contribution is 6.30. The molecular formula is C23H20Cl2N4O2. The lowest BCUT2D eigenvalue weighted by Gasteiger charge is -2.20. The maximum Gasteiger partial charge on any atom is 0.274 e. The van der Waals surface area contributed by atoms with Gasteiger partial charge in [-0.25, -0.2) is 0 Å². The first-order valence-electron chi connectivity index (χ1n) is 9.35. The summed E-state index contributed by atoms with van der Waals surface area (Å²) < 4.78 is 0. The van der Waals surface area contributed by atoms with E-state index in [0.717, 1.165) is 0 Å². The first-order valence-corrected chi connectivity index (χ1v) is 10.1. The van der Waals surface area contributed by atoms with Crippen LogP contribution in [0.1, 0.15) is 28.8 Å². The van der Waals surface area contributed by atoms with Crippen molar-refractivity contribution in [1.82, 2.24) is 5.32 Å². The molecule has 0 spiro atoms. The smallest absolute Gasteiger partial charge is 0.274 e. The molecule has 8 heteroatoms. The summed E-state index contributed by atoms with van der Waals surface area (Å²) in [5, 5.41) is 3.59. The summed E-state index contributed by atoms with van der Waals surface area (Å²) in [6, 6.07) is 19.9. The Kier molecular flexibility index (Phi) is 7.41. The van der Waals surface area contributed by atoms with Crippen LogP contribution in [0, 0.1) is 0 Å². The number of carbonyl (C=O) groups excluding carboxylic acids is 2. The van der Waals surface area contributed by atoms with Gasteiger partial charge in [0, 0.05) is 15.6 Å². The van der Waals surface area contributed by atoms with Gasteiger partial charge in [-0.15, -0.1) is 0 Å². The Morgan fingerprint density at radius 1 is 0.839 bits per heavy atom. The lowest BCUT2D eigenvalue weighted by molar-refractivity contribution is -0.128. The van der Waals surface area contributed by atoms with Crippen LogP contribution in [0.3, 0.4) is 0 Å². The van der Waals surface area contributed by atoms with E-state index in [1.165, 1.54) is 0 Å². The van der Waals surface area contributed by atoms with E-state index >= 15 is 0 Å². The molecule has 0 heterocycles. The van der Waals surface area contributed by atoms with Gasteiger partial charge in [-0.2, -0.15) is 4.99 Å². The number of halogens is 2. The van der Waals surface area contributed by atoms with Gasteiger partial charge in [-0.1, -0.05) is 77.8 Å². The second-order valence-corrected chi connectivity index (χ2v) is 7.60. The number of aliphatic imine (C=N–C) groups is 1. The third-order valence-electron chi connectivity index (χ3n) is 4.53. The number of rotatable bonds is 6. The molecule has 5 N–H and O–H groups in total. The van der Waals surface area contributed by atoms with Crippen LogP contribution >= 0.6 is 23.2 Å². The zero-order valence-corrected chi connectivity index (χ0v) is 17.8. The van der Waals surface area contributed by atoms with Crippen LogP contribution in [0.5, 0.6) is 0 Å². The first-order chi connectivity index (χ1) is 14.8. The molecule has 0 aromatic heterocycles. The van der Waals surface area contributed by atoms with Crippen molar-refractivity contribution < 1.29 is 9.59 Å². The van der Waals surface area contributed by atoms with Crippen molar-refractivity contribution >= 4 is 40.9 Å². The fourth-order valence-electron chi connectivity index (χ4n) is 2.88. The van der Waals surface area contributed by atoms with Gasteiger partial charge in [-0.05, 0) is 35.4 Å². The summed E-state index contributed by atoms with van der Waals surface area (Å²) in [4.78, 5) is 29.8. The van der Waals surface area contributed by atoms with E-state index in [4.69, 9.17) is 34.7 Å². The molecule has 0 aliphatic heterocycles. The van der Waals surface area contributed by atoms with Gasteiger partial charge in [0.25, 0.3) is 5.91 Å². The van der Waals surface area contributed by atoms with Gasteiger partial charge in [0.05, 0.1) is 0 Å². The molecule has 0 radical (unpaired) electrons. The molecule has 158 valence electrons. The van der Waals surface area contributed by atoms with Crippen LogP contribution in [-0.4, -0.2) is 17.6 Å². The largest absolute Gasteiger partial charge is 0.383 e. The average molecular weight is 455 g/mol. The molecular weight excluding hydrogens is 435 g/mol. The van der Waals surface area contributed by atoms with Gasteiger partial charge in [0.15, 0.2) is 0 Å². The molecule has 31 heavy (non-hydrogen) atoms. The minimum absolute atomic E-state index is 0.0360. The number of hydrogen-bond donors (Lipinski definition) is 3. The highest BCUT2D eigenvalue weighted by Crippen LogP contribution is 2.21. The van der Waals surface area contributed by atoms with E-state index in [2.05, 4.69) is 10.3 Å². The van der Waals surface area contributed by atoms with E-state index in [9.17, 15) is 9.59 Å². The Bertz CT molecular complexity index is 1100. The number of amides is 2. The highest BCUT2D eigenvalue weighted by atomic mass is 35.5. The van der Waals surface area contributed by atoms with Crippen molar-refractivity contribution in [2.45, 2.75) is 12.1 Å².